The van der Waals surface area contributed by atoms with E-state index in [1.165, 1.54) is 27.5 Å². The topological polar surface area (TPSA) is 108 Å². The molecule has 0 bridgehead atoms. The molecule has 0 spiro atoms. The van der Waals surface area contributed by atoms with Crippen LogP contribution >= 0.6 is 0 Å². The van der Waals surface area contributed by atoms with E-state index in [9.17, 15) is 13.6 Å². The zero-order valence-electron chi connectivity index (χ0n) is 17.2. The van der Waals surface area contributed by atoms with Crippen molar-refractivity contribution < 1.29 is 23.0 Å². The number of fused-ring (bicyclic) bond motifs is 2. The molecule has 5 rings (SSSR count). The minimum Gasteiger partial charge on any atom is -0.485 e. The van der Waals surface area contributed by atoms with E-state index in [0.29, 0.717) is 22.8 Å². The molecule has 4 heterocycles. The number of nitrogens with zero attached hydrogens (tertiary/aromatic N) is 5. The number of amides is 1. The van der Waals surface area contributed by atoms with Crippen LogP contribution in [0.1, 0.15) is 10.4 Å². The Morgan fingerprint density at radius 2 is 2.24 bits per heavy atom. The molecule has 1 aromatic carbocycles. The van der Waals surface area contributed by atoms with Crippen LogP contribution in [-0.2, 0) is 7.05 Å². The van der Waals surface area contributed by atoms with Crippen LogP contribution in [0.25, 0.3) is 16.9 Å². The Morgan fingerprint density at radius 3 is 3.06 bits per heavy atom. The van der Waals surface area contributed by atoms with Crippen molar-refractivity contribution in [2.24, 2.45) is 7.05 Å². The van der Waals surface area contributed by atoms with Crippen LogP contribution in [0.5, 0.6) is 11.5 Å². The third-order valence-corrected chi connectivity index (χ3v) is 4.87. The summed E-state index contributed by atoms with van der Waals surface area (Å²) in [5.41, 5.74) is 2.35. The summed E-state index contributed by atoms with van der Waals surface area (Å²) in [6, 6.07) is 4.60. The largest absolute Gasteiger partial charge is 0.485 e. The smallest absolute Gasteiger partial charge is 0.387 e. The first kappa shape index (κ1) is 20.4. The number of ether oxygens (including phenoxy) is 2. The first-order valence-corrected chi connectivity index (χ1v) is 9.73. The second-order valence-corrected chi connectivity index (χ2v) is 7.21. The zero-order chi connectivity index (χ0) is 23.1. The molecule has 1 amide bonds. The number of hydrogen-bond donors (Lipinski definition) is 2. The number of aryl methyl sites for hydroxylation is 1. The summed E-state index contributed by atoms with van der Waals surface area (Å²) in [6.07, 6.45) is 6.16. The van der Waals surface area contributed by atoms with Gasteiger partial charge >= 0.3 is 6.61 Å². The van der Waals surface area contributed by atoms with Crippen molar-refractivity contribution >= 4 is 22.9 Å². The zero-order valence-corrected chi connectivity index (χ0v) is 17.2. The fourth-order valence-electron chi connectivity index (χ4n) is 3.50. The normalized spacial score (nSPS) is 12.9. The molecule has 1 aliphatic heterocycles. The Hall–Kier alpha value is -4.48. The molecule has 12 heteroatoms. The molecule has 2 N–H and O–H groups in total. The first-order chi connectivity index (χ1) is 15.9. The van der Waals surface area contributed by atoms with Crippen molar-refractivity contribution in [1.29, 1.82) is 0 Å². The van der Waals surface area contributed by atoms with Gasteiger partial charge in [0.25, 0.3) is 5.91 Å². The average Bonchev–Trinajstić information content (AvgIpc) is 3.36. The quantitative estimate of drug-likeness (QED) is 0.477. The Kier molecular flexibility index (Phi) is 4.89. The highest BCUT2D eigenvalue weighted by Crippen LogP contribution is 2.43. The number of carbonyl (C=O) groups is 1. The van der Waals surface area contributed by atoms with Gasteiger partial charge in [-0.2, -0.15) is 19.0 Å². The Bertz CT molecular complexity index is 1400. The average molecular weight is 453 g/mol. The van der Waals surface area contributed by atoms with Crippen LogP contribution in [-0.4, -0.2) is 43.5 Å². The summed E-state index contributed by atoms with van der Waals surface area (Å²) in [5.74, 6) is -0.211. The molecule has 0 fully saturated rings. The van der Waals surface area contributed by atoms with E-state index in [1.807, 2.05) is 0 Å². The summed E-state index contributed by atoms with van der Waals surface area (Å²) in [7, 11) is 1.64. The molecule has 0 radical (unpaired) electrons. The van der Waals surface area contributed by atoms with Crippen molar-refractivity contribution in [3.63, 3.8) is 0 Å². The summed E-state index contributed by atoms with van der Waals surface area (Å²) < 4.78 is 39.7. The van der Waals surface area contributed by atoms with E-state index in [0.717, 1.165) is 0 Å². The van der Waals surface area contributed by atoms with Gasteiger partial charge in [0.1, 0.15) is 29.4 Å². The van der Waals surface area contributed by atoms with Crippen LogP contribution in [0.4, 0.5) is 20.2 Å². The van der Waals surface area contributed by atoms with E-state index in [1.54, 1.807) is 31.7 Å². The Labute approximate surface area is 185 Å². The van der Waals surface area contributed by atoms with Gasteiger partial charge in [0, 0.05) is 37.4 Å². The maximum Gasteiger partial charge on any atom is 0.387 e. The molecule has 0 aliphatic carbocycles. The molecule has 3 aromatic heterocycles. The van der Waals surface area contributed by atoms with Gasteiger partial charge in [-0.15, -0.1) is 0 Å². The number of anilines is 2. The number of rotatable bonds is 5. The van der Waals surface area contributed by atoms with Gasteiger partial charge < -0.3 is 20.1 Å². The number of hydrogen-bond acceptors (Lipinski definition) is 7. The number of alkyl halides is 2. The molecule has 0 atom stereocenters. The van der Waals surface area contributed by atoms with E-state index >= 15 is 0 Å². The minimum atomic E-state index is -3.07. The summed E-state index contributed by atoms with van der Waals surface area (Å²) >= 11 is 0. The van der Waals surface area contributed by atoms with Gasteiger partial charge in [0.05, 0.1) is 23.1 Å². The Balaban J connectivity index is 1.56. The van der Waals surface area contributed by atoms with E-state index in [2.05, 4.69) is 32.4 Å². The number of benzene rings is 1. The van der Waals surface area contributed by atoms with Crippen LogP contribution in [0, 0.1) is 0 Å². The summed E-state index contributed by atoms with van der Waals surface area (Å²) in [4.78, 5) is 17.2. The van der Waals surface area contributed by atoms with E-state index < -0.39 is 12.5 Å². The lowest BCUT2D eigenvalue weighted by Crippen LogP contribution is -2.16. The van der Waals surface area contributed by atoms with Crippen molar-refractivity contribution in [2.75, 3.05) is 17.2 Å². The standard InChI is InChI=1S/C21H17F2N7O3/c1-11-10-32-17-6-12(16(33-21(22)23)7-14(17)26-11)18-15(9-29(2)28-18)27-20(31)13-8-25-30-5-3-4-24-19(13)30/h3-9,21,26H,1,10H2,2H3,(H,27,31). The minimum absolute atomic E-state index is 0.138. The third-order valence-electron chi connectivity index (χ3n) is 4.87. The molecule has 0 saturated heterocycles. The molecule has 33 heavy (non-hydrogen) atoms. The van der Waals surface area contributed by atoms with Crippen LogP contribution in [0.2, 0.25) is 0 Å². The Morgan fingerprint density at radius 1 is 1.39 bits per heavy atom. The van der Waals surface area contributed by atoms with Crippen LogP contribution < -0.4 is 20.1 Å². The van der Waals surface area contributed by atoms with Crippen molar-refractivity contribution in [2.45, 2.75) is 6.61 Å². The molecule has 4 aromatic rings. The number of carbonyl (C=O) groups excluding carboxylic acids is 1. The van der Waals surface area contributed by atoms with Gasteiger partial charge in [0.2, 0.25) is 0 Å². The molecular formula is C21H17F2N7O3. The second kappa shape index (κ2) is 7.89. The van der Waals surface area contributed by atoms with Gasteiger partial charge in [-0.1, -0.05) is 6.58 Å². The highest BCUT2D eigenvalue weighted by atomic mass is 19.3. The number of nitrogens with one attached hydrogen (secondary N) is 2. The molecule has 10 nitrogen and oxygen atoms in total. The highest BCUT2D eigenvalue weighted by molar-refractivity contribution is 6.09. The van der Waals surface area contributed by atoms with E-state index in [4.69, 9.17) is 9.47 Å². The van der Waals surface area contributed by atoms with Gasteiger partial charge in [-0.3, -0.25) is 9.48 Å². The first-order valence-electron chi connectivity index (χ1n) is 9.73. The fourth-order valence-corrected chi connectivity index (χ4v) is 3.50. The molecular weight excluding hydrogens is 436 g/mol. The van der Waals surface area contributed by atoms with Gasteiger partial charge in [0.15, 0.2) is 5.65 Å². The fraction of sp³-hybridized carbons (Fsp3) is 0.143. The molecule has 168 valence electrons. The van der Waals surface area contributed by atoms with Crippen molar-refractivity contribution in [3.05, 3.63) is 60.8 Å². The maximum atomic E-state index is 13.2. The lowest BCUT2D eigenvalue weighted by Gasteiger charge is -2.23. The summed E-state index contributed by atoms with van der Waals surface area (Å²) in [6.45, 7) is 0.929. The van der Waals surface area contributed by atoms with Crippen LogP contribution in [0.3, 0.4) is 0 Å². The van der Waals surface area contributed by atoms with Gasteiger partial charge in [-0.05, 0) is 12.1 Å². The predicted octanol–water partition coefficient (Wildman–Crippen LogP) is 3.30. The number of halogens is 2. The number of aromatic nitrogens is 5. The SMILES string of the molecule is C=C1COc2cc(-c3nn(C)cc3NC(=O)c3cnn4cccnc34)c(OC(F)F)cc2N1. The molecule has 0 saturated carbocycles. The highest BCUT2D eigenvalue weighted by Gasteiger charge is 2.24. The van der Waals surface area contributed by atoms with E-state index in [-0.39, 0.29) is 34.9 Å². The lowest BCUT2D eigenvalue weighted by atomic mass is 10.1. The van der Waals surface area contributed by atoms with Gasteiger partial charge in [-0.25, -0.2) is 9.50 Å². The van der Waals surface area contributed by atoms with Crippen LogP contribution in [0.15, 0.2) is 55.3 Å². The summed E-state index contributed by atoms with van der Waals surface area (Å²) in [5, 5.41) is 14.2. The maximum absolute atomic E-state index is 13.2. The second-order valence-electron chi connectivity index (χ2n) is 7.21. The molecule has 0 unspecified atom stereocenters. The lowest BCUT2D eigenvalue weighted by molar-refractivity contribution is -0.0494. The van der Waals surface area contributed by atoms with Crippen molar-refractivity contribution in [1.82, 2.24) is 24.4 Å². The monoisotopic (exact) mass is 453 g/mol. The molecule has 1 aliphatic rings. The third kappa shape index (κ3) is 3.82. The van der Waals surface area contributed by atoms with Crippen molar-refractivity contribution in [3.8, 4) is 22.8 Å². The predicted molar refractivity (Wildman–Crippen MR) is 114 cm³/mol.